The lowest BCUT2D eigenvalue weighted by molar-refractivity contribution is -0.136. The summed E-state index contributed by atoms with van der Waals surface area (Å²) in [5.74, 6) is 1.66. The Bertz CT molecular complexity index is 1550. The standard InChI is InChI=1S/C34H37N3O5/c1-22-18-26(21-37(22)32(38)31(34(2,3)4)36-33(39)42-24-14-10-7-11-15-24)41-30-20-28(23-12-8-6-9-13-23)35-29-19-25(40-5)16-17-27(29)30/h6-17,19-20,22,26,31H,18,21H2,1-5H3,(H,36,39)/t22-,26-,31-/m1/s1. The van der Waals surface area contributed by atoms with E-state index in [1.807, 2.05) is 88.4 Å². The number of likely N-dealkylation sites (tertiary alicyclic amines) is 1. The van der Waals surface area contributed by atoms with Crippen LogP contribution in [0.2, 0.25) is 0 Å². The fourth-order valence-electron chi connectivity index (χ4n) is 5.27. The molecule has 1 fully saturated rings. The third kappa shape index (κ3) is 6.48. The number of nitrogens with zero attached hydrogens (tertiary/aromatic N) is 2. The van der Waals surface area contributed by atoms with E-state index in [-0.39, 0.29) is 18.1 Å². The first-order chi connectivity index (χ1) is 20.1. The van der Waals surface area contributed by atoms with Crippen molar-refractivity contribution in [2.45, 2.75) is 52.3 Å². The number of benzene rings is 3. The van der Waals surface area contributed by atoms with Gasteiger partial charge in [0, 0.05) is 35.5 Å². The molecule has 5 rings (SSSR count). The monoisotopic (exact) mass is 567 g/mol. The summed E-state index contributed by atoms with van der Waals surface area (Å²) >= 11 is 0. The number of hydrogen-bond acceptors (Lipinski definition) is 6. The maximum atomic E-state index is 13.9. The lowest BCUT2D eigenvalue weighted by Crippen LogP contribution is -2.56. The summed E-state index contributed by atoms with van der Waals surface area (Å²) in [5, 5.41) is 3.68. The van der Waals surface area contributed by atoms with E-state index in [0.29, 0.717) is 30.2 Å². The predicted molar refractivity (Wildman–Crippen MR) is 163 cm³/mol. The van der Waals surface area contributed by atoms with Crippen LogP contribution in [-0.4, -0.2) is 53.7 Å². The Morgan fingerprint density at radius 1 is 0.952 bits per heavy atom. The van der Waals surface area contributed by atoms with Crippen molar-refractivity contribution in [2.24, 2.45) is 5.41 Å². The van der Waals surface area contributed by atoms with Crippen molar-refractivity contribution in [1.29, 1.82) is 0 Å². The van der Waals surface area contributed by atoms with Crippen molar-refractivity contribution in [3.63, 3.8) is 0 Å². The second-order valence-corrected chi connectivity index (χ2v) is 11.7. The molecule has 3 aromatic carbocycles. The van der Waals surface area contributed by atoms with Crippen LogP contribution in [0.4, 0.5) is 4.79 Å². The second kappa shape index (κ2) is 12.1. The molecule has 0 saturated carbocycles. The van der Waals surface area contributed by atoms with Gasteiger partial charge in [-0.05, 0) is 36.6 Å². The SMILES string of the molecule is COc1ccc2c(O[C@@H]3C[C@@H](C)N(C(=O)[C@@H](NC(=O)Oc4ccccc4)C(C)(C)C)C3)cc(-c3ccccc3)nc2c1. The molecule has 42 heavy (non-hydrogen) atoms. The van der Waals surface area contributed by atoms with Crippen molar-refractivity contribution < 1.29 is 23.8 Å². The van der Waals surface area contributed by atoms with Gasteiger partial charge in [0.1, 0.15) is 29.4 Å². The van der Waals surface area contributed by atoms with Crippen LogP contribution in [0.15, 0.2) is 84.9 Å². The first kappa shape index (κ1) is 28.9. The van der Waals surface area contributed by atoms with Gasteiger partial charge >= 0.3 is 6.09 Å². The van der Waals surface area contributed by atoms with Gasteiger partial charge < -0.3 is 24.4 Å². The van der Waals surface area contributed by atoms with Crippen LogP contribution < -0.4 is 19.5 Å². The fraction of sp³-hybridized carbons (Fsp3) is 0.324. The van der Waals surface area contributed by atoms with Gasteiger partial charge in [0.25, 0.3) is 0 Å². The zero-order chi connectivity index (χ0) is 29.9. The molecule has 1 aliphatic rings. The Kier molecular flexibility index (Phi) is 8.34. The lowest BCUT2D eigenvalue weighted by atomic mass is 9.85. The molecule has 1 aromatic heterocycles. The van der Waals surface area contributed by atoms with Crippen LogP contribution in [0.25, 0.3) is 22.2 Å². The smallest absolute Gasteiger partial charge is 0.413 e. The Balaban J connectivity index is 1.36. The second-order valence-electron chi connectivity index (χ2n) is 11.7. The van der Waals surface area contributed by atoms with E-state index in [1.54, 1.807) is 36.3 Å². The summed E-state index contributed by atoms with van der Waals surface area (Å²) in [6.07, 6.45) is -0.254. The highest BCUT2D eigenvalue weighted by Crippen LogP contribution is 2.35. The van der Waals surface area contributed by atoms with E-state index >= 15 is 0 Å². The first-order valence-electron chi connectivity index (χ1n) is 14.2. The average Bonchev–Trinajstić information content (AvgIpc) is 3.35. The highest BCUT2D eigenvalue weighted by atomic mass is 16.6. The number of rotatable bonds is 7. The van der Waals surface area contributed by atoms with Gasteiger partial charge in [-0.1, -0.05) is 69.3 Å². The molecule has 8 heteroatoms. The van der Waals surface area contributed by atoms with E-state index < -0.39 is 17.6 Å². The summed E-state index contributed by atoms with van der Waals surface area (Å²) in [7, 11) is 1.63. The molecule has 218 valence electrons. The minimum Gasteiger partial charge on any atom is -0.497 e. The summed E-state index contributed by atoms with van der Waals surface area (Å²) < 4.78 is 17.5. The van der Waals surface area contributed by atoms with Crippen molar-refractivity contribution in [3.8, 4) is 28.5 Å². The molecule has 8 nitrogen and oxygen atoms in total. The van der Waals surface area contributed by atoms with Crippen LogP contribution in [0.1, 0.15) is 34.1 Å². The normalized spacial score (nSPS) is 17.5. The molecule has 0 spiro atoms. The van der Waals surface area contributed by atoms with Crippen LogP contribution in [0.3, 0.4) is 0 Å². The number of fused-ring (bicyclic) bond motifs is 1. The topological polar surface area (TPSA) is 90.0 Å². The summed E-state index contributed by atoms with van der Waals surface area (Å²) in [4.78, 5) is 33.3. The molecule has 0 bridgehead atoms. The number of pyridine rings is 1. The molecule has 2 heterocycles. The maximum absolute atomic E-state index is 13.9. The summed E-state index contributed by atoms with van der Waals surface area (Å²) in [6, 6.07) is 25.6. The average molecular weight is 568 g/mol. The molecule has 4 aromatic rings. The zero-order valence-corrected chi connectivity index (χ0v) is 24.7. The lowest BCUT2D eigenvalue weighted by Gasteiger charge is -2.34. The molecular weight excluding hydrogens is 530 g/mol. The highest BCUT2D eigenvalue weighted by Gasteiger charge is 2.42. The number of hydrogen-bond donors (Lipinski definition) is 1. The number of amides is 2. The van der Waals surface area contributed by atoms with E-state index in [1.165, 1.54) is 0 Å². The van der Waals surface area contributed by atoms with E-state index in [0.717, 1.165) is 22.2 Å². The van der Waals surface area contributed by atoms with E-state index in [2.05, 4.69) is 5.32 Å². The number of carbonyl (C=O) groups excluding carboxylic acids is 2. The number of para-hydroxylation sites is 1. The number of methoxy groups -OCH3 is 1. The van der Waals surface area contributed by atoms with Gasteiger partial charge in [-0.15, -0.1) is 0 Å². The Labute approximate surface area is 246 Å². The van der Waals surface area contributed by atoms with Crippen molar-refractivity contribution >= 4 is 22.9 Å². The molecule has 2 amide bonds. The molecule has 0 radical (unpaired) electrons. The molecule has 1 N–H and O–H groups in total. The molecule has 1 saturated heterocycles. The largest absolute Gasteiger partial charge is 0.497 e. The third-order valence-corrected chi connectivity index (χ3v) is 7.49. The van der Waals surface area contributed by atoms with Crippen LogP contribution in [0, 0.1) is 5.41 Å². The van der Waals surface area contributed by atoms with Gasteiger partial charge in [-0.2, -0.15) is 0 Å². The van der Waals surface area contributed by atoms with Crippen LogP contribution in [0.5, 0.6) is 17.2 Å². The fourth-order valence-corrected chi connectivity index (χ4v) is 5.27. The number of nitrogens with one attached hydrogen (secondary N) is 1. The Morgan fingerprint density at radius 2 is 1.64 bits per heavy atom. The van der Waals surface area contributed by atoms with Crippen LogP contribution >= 0.6 is 0 Å². The van der Waals surface area contributed by atoms with Crippen molar-refractivity contribution in [3.05, 3.63) is 84.9 Å². The molecular formula is C34H37N3O5. The summed E-state index contributed by atoms with van der Waals surface area (Å²) in [5.41, 5.74) is 1.99. The van der Waals surface area contributed by atoms with Gasteiger partial charge in [-0.25, -0.2) is 9.78 Å². The first-order valence-corrected chi connectivity index (χ1v) is 14.2. The number of aromatic nitrogens is 1. The molecule has 3 atom stereocenters. The minimum absolute atomic E-state index is 0.0823. The third-order valence-electron chi connectivity index (χ3n) is 7.49. The number of carbonyl (C=O) groups is 2. The van der Waals surface area contributed by atoms with Crippen molar-refractivity contribution in [1.82, 2.24) is 15.2 Å². The van der Waals surface area contributed by atoms with E-state index in [4.69, 9.17) is 19.2 Å². The predicted octanol–water partition coefficient (Wildman–Crippen LogP) is 6.48. The van der Waals surface area contributed by atoms with Gasteiger partial charge in [0.05, 0.1) is 24.9 Å². The van der Waals surface area contributed by atoms with Gasteiger partial charge in [0.2, 0.25) is 5.91 Å². The Morgan fingerprint density at radius 3 is 2.31 bits per heavy atom. The molecule has 1 aliphatic heterocycles. The van der Waals surface area contributed by atoms with Gasteiger partial charge in [-0.3, -0.25) is 4.79 Å². The van der Waals surface area contributed by atoms with Crippen molar-refractivity contribution in [2.75, 3.05) is 13.7 Å². The Hall–Kier alpha value is -4.59. The van der Waals surface area contributed by atoms with Crippen LogP contribution in [-0.2, 0) is 4.79 Å². The van der Waals surface area contributed by atoms with E-state index in [9.17, 15) is 9.59 Å². The summed E-state index contributed by atoms with van der Waals surface area (Å²) in [6.45, 7) is 8.18. The maximum Gasteiger partial charge on any atom is 0.413 e. The number of ether oxygens (including phenoxy) is 3. The van der Waals surface area contributed by atoms with Gasteiger partial charge in [0.15, 0.2) is 0 Å². The minimum atomic E-state index is -0.784. The quantitative estimate of drug-likeness (QED) is 0.275. The molecule has 0 aliphatic carbocycles. The molecule has 0 unspecified atom stereocenters. The zero-order valence-electron chi connectivity index (χ0n) is 24.7. The highest BCUT2D eigenvalue weighted by molar-refractivity contribution is 5.89.